The minimum Gasteiger partial charge on any atom is -0.444 e. The minimum atomic E-state index is -0.871. The van der Waals surface area contributed by atoms with Crippen LogP contribution in [0.1, 0.15) is 85.5 Å². The number of fused-ring (bicyclic) bond motifs is 1. The lowest BCUT2D eigenvalue weighted by Gasteiger charge is -2.35. The summed E-state index contributed by atoms with van der Waals surface area (Å²) < 4.78 is 10.8. The highest BCUT2D eigenvalue weighted by atomic mass is 35.5. The number of aryl methyl sites for hydroxylation is 2. The average Bonchev–Trinajstić information content (AvgIpc) is 3.36. The summed E-state index contributed by atoms with van der Waals surface area (Å²) in [5.41, 5.74) is 3.36. The molecule has 12 heteroatoms. The molecule has 11 nitrogen and oxygen atoms in total. The molecule has 3 aliphatic heterocycles. The number of hydrogen-bond donors (Lipinski definition) is 0. The van der Waals surface area contributed by atoms with E-state index in [0.29, 0.717) is 55.8 Å². The number of amides is 4. The number of piperidine rings is 2. The summed E-state index contributed by atoms with van der Waals surface area (Å²) in [5.74, 6) is -2.28. The van der Waals surface area contributed by atoms with Gasteiger partial charge in [-0.3, -0.25) is 24.0 Å². The van der Waals surface area contributed by atoms with Crippen molar-refractivity contribution in [1.29, 1.82) is 0 Å². The second-order valence-corrected chi connectivity index (χ2v) is 14.2. The third-order valence-electron chi connectivity index (χ3n) is 9.01. The summed E-state index contributed by atoms with van der Waals surface area (Å²) in [6.45, 7) is 7.61. The number of rotatable bonds is 9. The standard InChI is InChI=1S/C36H42ClN3O8/c1-22-5-6-24(19-29(22)37)18-27(41)9-7-23-8-10-28-26(17-23)20-39(32(28)43)30-11-12-31(42)40(33(30)44)21-47-34(45)25-13-15-38(16-14-25)35(46)48-36(2,3)4/h5-6,8,10,17,19,25,30H,7,9,11-16,18,20-21H2,1-4H3. The molecule has 0 aromatic heterocycles. The first-order valence-electron chi connectivity index (χ1n) is 16.4. The van der Waals surface area contributed by atoms with Crippen molar-refractivity contribution in [2.24, 2.45) is 5.92 Å². The van der Waals surface area contributed by atoms with Gasteiger partial charge in [0.05, 0.1) is 5.92 Å². The molecule has 1 unspecified atom stereocenters. The molecule has 2 fully saturated rings. The fraction of sp³-hybridized carbons (Fsp3) is 0.500. The van der Waals surface area contributed by atoms with Gasteiger partial charge in [0.25, 0.3) is 11.8 Å². The predicted molar refractivity (Wildman–Crippen MR) is 176 cm³/mol. The van der Waals surface area contributed by atoms with Crippen molar-refractivity contribution >= 4 is 47.2 Å². The number of likely N-dealkylation sites (tertiary alicyclic amines) is 2. The van der Waals surface area contributed by atoms with Crippen LogP contribution >= 0.6 is 11.6 Å². The van der Waals surface area contributed by atoms with Crippen molar-refractivity contribution in [1.82, 2.24) is 14.7 Å². The van der Waals surface area contributed by atoms with Crippen LogP contribution < -0.4 is 0 Å². The Bertz CT molecular complexity index is 1630. The van der Waals surface area contributed by atoms with Gasteiger partial charge in [-0.15, -0.1) is 0 Å². The lowest BCUT2D eigenvalue weighted by molar-refractivity contribution is -0.167. The van der Waals surface area contributed by atoms with Crippen molar-refractivity contribution < 1.29 is 38.2 Å². The summed E-state index contributed by atoms with van der Waals surface area (Å²) in [6.07, 6.45) is 1.66. The lowest BCUT2D eigenvalue weighted by Crippen LogP contribution is -2.55. The number of carbonyl (C=O) groups excluding carboxylic acids is 6. The maximum atomic E-state index is 13.5. The number of carbonyl (C=O) groups is 6. The largest absolute Gasteiger partial charge is 0.444 e. The summed E-state index contributed by atoms with van der Waals surface area (Å²) >= 11 is 6.20. The highest BCUT2D eigenvalue weighted by molar-refractivity contribution is 6.31. The molecule has 3 aliphatic rings. The Morgan fingerprint density at radius 3 is 2.35 bits per heavy atom. The van der Waals surface area contributed by atoms with Crippen molar-refractivity contribution in [2.75, 3.05) is 19.8 Å². The Morgan fingerprint density at radius 1 is 0.958 bits per heavy atom. The average molecular weight is 680 g/mol. The van der Waals surface area contributed by atoms with Gasteiger partial charge in [0.2, 0.25) is 5.91 Å². The van der Waals surface area contributed by atoms with E-state index in [1.165, 1.54) is 4.90 Å². The first-order valence-corrected chi connectivity index (χ1v) is 16.8. The van der Waals surface area contributed by atoms with E-state index in [-0.39, 0.29) is 31.1 Å². The van der Waals surface area contributed by atoms with Crippen LogP contribution in [0, 0.1) is 12.8 Å². The van der Waals surface area contributed by atoms with Gasteiger partial charge in [0.1, 0.15) is 17.4 Å². The molecule has 48 heavy (non-hydrogen) atoms. The first kappa shape index (κ1) is 35.1. The Hall–Kier alpha value is -4.25. The van der Waals surface area contributed by atoms with E-state index in [4.69, 9.17) is 21.1 Å². The Morgan fingerprint density at radius 2 is 1.67 bits per heavy atom. The van der Waals surface area contributed by atoms with Gasteiger partial charge in [-0.2, -0.15) is 0 Å². The number of benzene rings is 2. The van der Waals surface area contributed by atoms with Gasteiger partial charge in [-0.05, 0) is 87.8 Å². The van der Waals surface area contributed by atoms with Gasteiger partial charge < -0.3 is 19.3 Å². The number of nitrogens with zero attached hydrogens (tertiary/aromatic N) is 3. The topological polar surface area (TPSA) is 131 Å². The number of halogens is 1. The van der Waals surface area contributed by atoms with Crippen LogP contribution in [0.25, 0.3) is 0 Å². The molecule has 0 N–H and O–H groups in total. The van der Waals surface area contributed by atoms with Crippen molar-refractivity contribution in [3.8, 4) is 0 Å². The summed E-state index contributed by atoms with van der Waals surface area (Å²) in [6, 6.07) is 10.2. The van der Waals surface area contributed by atoms with Crippen LogP contribution in [0.4, 0.5) is 4.79 Å². The normalized spacial score (nSPS) is 18.6. The summed E-state index contributed by atoms with van der Waals surface area (Å²) in [4.78, 5) is 81.4. The fourth-order valence-electron chi connectivity index (χ4n) is 6.27. The minimum absolute atomic E-state index is 0.0297. The van der Waals surface area contributed by atoms with Gasteiger partial charge >= 0.3 is 12.1 Å². The monoisotopic (exact) mass is 679 g/mol. The third kappa shape index (κ3) is 8.24. The molecule has 2 aromatic carbocycles. The van der Waals surface area contributed by atoms with Crippen LogP contribution in [0.2, 0.25) is 5.02 Å². The Kier molecular flexibility index (Phi) is 10.6. The highest BCUT2D eigenvalue weighted by Gasteiger charge is 2.43. The van der Waals surface area contributed by atoms with E-state index in [2.05, 4.69) is 0 Å². The van der Waals surface area contributed by atoms with E-state index >= 15 is 0 Å². The molecule has 0 aliphatic carbocycles. The fourth-order valence-corrected chi connectivity index (χ4v) is 6.47. The van der Waals surface area contributed by atoms with E-state index in [1.807, 2.05) is 37.3 Å². The van der Waals surface area contributed by atoms with Gasteiger partial charge in [-0.1, -0.05) is 35.9 Å². The molecule has 0 saturated carbocycles. The molecule has 256 valence electrons. The second-order valence-electron chi connectivity index (χ2n) is 13.8. The number of hydrogen-bond acceptors (Lipinski definition) is 8. The molecule has 2 saturated heterocycles. The van der Waals surface area contributed by atoms with Crippen LogP contribution in [-0.4, -0.2) is 81.7 Å². The predicted octanol–water partition coefficient (Wildman–Crippen LogP) is 5.01. The SMILES string of the molecule is Cc1ccc(CC(=O)CCc2ccc3c(c2)CN(C2CCC(=O)N(COC(=O)C4CCN(C(=O)OC(C)(C)C)CC4)C2=O)C3=O)cc1Cl. The molecule has 0 bridgehead atoms. The Balaban J connectivity index is 1.13. The zero-order valence-corrected chi connectivity index (χ0v) is 28.6. The number of Topliss-reactive ketones (excluding diaryl/α,β-unsaturated/α-hetero) is 1. The summed E-state index contributed by atoms with van der Waals surface area (Å²) in [7, 11) is 0. The molecule has 3 heterocycles. The first-order chi connectivity index (χ1) is 22.7. The van der Waals surface area contributed by atoms with Crippen molar-refractivity contribution in [2.45, 2.75) is 90.8 Å². The quantitative estimate of drug-likeness (QED) is 0.267. The third-order valence-corrected chi connectivity index (χ3v) is 9.41. The van der Waals surface area contributed by atoms with E-state index in [1.54, 1.807) is 31.7 Å². The van der Waals surface area contributed by atoms with Crippen molar-refractivity contribution in [3.05, 3.63) is 69.2 Å². The zero-order valence-electron chi connectivity index (χ0n) is 27.9. The van der Waals surface area contributed by atoms with Crippen LogP contribution in [0.3, 0.4) is 0 Å². The van der Waals surface area contributed by atoms with E-state index in [0.717, 1.165) is 27.2 Å². The van der Waals surface area contributed by atoms with E-state index in [9.17, 15) is 28.8 Å². The summed E-state index contributed by atoms with van der Waals surface area (Å²) in [5, 5.41) is 0.632. The highest BCUT2D eigenvalue weighted by Crippen LogP contribution is 2.30. The maximum absolute atomic E-state index is 13.5. The number of ketones is 1. The zero-order chi connectivity index (χ0) is 34.7. The molecule has 2 aromatic rings. The molecule has 0 radical (unpaired) electrons. The van der Waals surface area contributed by atoms with Crippen LogP contribution in [0.15, 0.2) is 36.4 Å². The number of esters is 1. The molecule has 0 spiro atoms. The second kappa shape index (κ2) is 14.5. The van der Waals surface area contributed by atoms with E-state index < -0.39 is 48.2 Å². The molecule has 1 atom stereocenters. The van der Waals surface area contributed by atoms with Crippen molar-refractivity contribution in [3.63, 3.8) is 0 Å². The van der Waals surface area contributed by atoms with Crippen LogP contribution in [0.5, 0.6) is 0 Å². The lowest BCUT2D eigenvalue weighted by atomic mass is 9.97. The maximum Gasteiger partial charge on any atom is 0.410 e. The smallest absolute Gasteiger partial charge is 0.410 e. The number of ether oxygens (including phenoxy) is 2. The Labute approximate surface area is 285 Å². The molecule has 5 rings (SSSR count). The molecular weight excluding hydrogens is 638 g/mol. The molecule has 4 amide bonds. The molecular formula is C36H42ClN3O8. The number of imide groups is 1. The van der Waals surface area contributed by atoms with Gasteiger partial charge in [-0.25, -0.2) is 9.69 Å². The van der Waals surface area contributed by atoms with Crippen LogP contribution in [-0.2, 0) is 48.0 Å². The van der Waals surface area contributed by atoms with Gasteiger partial charge in [0.15, 0.2) is 6.73 Å². The van der Waals surface area contributed by atoms with Gasteiger partial charge in [0, 0.05) is 49.5 Å².